The molecule has 0 atom stereocenters. The van der Waals surface area contributed by atoms with Crippen molar-refractivity contribution in [2.45, 2.75) is 0 Å². The number of nitrogens with zero attached hydrogens (tertiary/aromatic N) is 1. The molecule has 0 unspecified atom stereocenters. The predicted octanol–water partition coefficient (Wildman–Crippen LogP) is 2.69. The molecule has 2 aromatic rings. The molecular formula is C14H14FNO3. The van der Waals surface area contributed by atoms with Gasteiger partial charge in [-0.1, -0.05) is 0 Å². The van der Waals surface area contributed by atoms with Crippen LogP contribution in [0.15, 0.2) is 42.6 Å². The van der Waals surface area contributed by atoms with Gasteiger partial charge in [-0.2, -0.15) is 4.39 Å². The zero-order valence-corrected chi connectivity index (χ0v) is 10.5. The summed E-state index contributed by atoms with van der Waals surface area (Å²) in [5, 5.41) is 0. The summed E-state index contributed by atoms with van der Waals surface area (Å²) in [5.41, 5.74) is 0. The van der Waals surface area contributed by atoms with Crippen molar-refractivity contribution in [1.82, 2.24) is 4.98 Å². The Morgan fingerprint density at radius 3 is 2.37 bits per heavy atom. The Morgan fingerprint density at radius 1 is 1.00 bits per heavy atom. The lowest BCUT2D eigenvalue weighted by Crippen LogP contribution is -2.10. The van der Waals surface area contributed by atoms with Gasteiger partial charge < -0.3 is 14.2 Å². The maximum Gasteiger partial charge on any atom is 0.255 e. The van der Waals surface area contributed by atoms with Crippen molar-refractivity contribution < 1.29 is 18.6 Å². The van der Waals surface area contributed by atoms with E-state index >= 15 is 0 Å². The van der Waals surface area contributed by atoms with Crippen molar-refractivity contribution in [3.8, 4) is 17.2 Å². The molecule has 4 nitrogen and oxygen atoms in total. The van der Waals surface area contributed by atoms with Crippen LogP contribution in [0.1, 0.15) is 0 Å². The van der Waals surface area contributed by atoms with Gasteiger partial charge in [0.1, 0.15) is 24.7 Å². The molecule has 1 aromatic carbocycles. The second-order valence-corrected chi connectivity index (χ2v) is 3.66. The average molecular weight is 263 g/mol. The van der Waals surface area contributed by atoms with E-state index in [1.165, 1.54) is 12.3 Å². The summed E-state index contributed by atoms with van der Waals surface area (Å²) < 4.78 is 28.8. The van der Waals surface area contributed by atoms with Crippen molar-refractivity contribution in [2.24, 2.45) is 0 Å². The van der Waals surface area contributed by atoms with E-state index < -0.39 is 5.95 Å². The molecule has 0 saturated carbocycles. The predicted molar refractivity (Wildman–Crippen MR) is 68.2 cm³/mol. The smallest absolute Gasteiger partial charge is 0.255 e. The summed E-state index contributed by atoms with van der Waals surface area (Å²) in [6.45, 7) is 0.565. The van der Waals surface area contributed by atoms with E-state index in [0.717, 1.165) is 5.75 Å². The Morgan fingerprint density at radius 2 is 1.68 bits per heavy atom. The van der Waals surface area contributed by atoms with Crippen LogP contribution in [0.25, 0.3) is 0 Å². The average Bonchev–Trinajstić information content (AvgIpc) is 2.46. The van der Waals surface area contributed by atoms with Crippen LogP contribution in [-0.2, 0) is 0 Å². The third kappa shape index (κ3) is 3.84. The van der Waals surface area contributed by atoms with E-state index in [0.29, 0.717) is 12.4 Å². The molecule has 0 aliphatic rings. The fraction of sp³-hybridized carbons (Fsp3) is 0.214. The highest BCUT2D eigenvalue weighted by Crippen LogP contribution is 2.17. The number of hydrogen-bond donors (Lipinski definition) is 0. The molecule has 2 rings (SSSR count). The minimum Gasteiger partial charge on any atom is -0.497 e. The van der Waals surface area contributed by atoms with Crippen molar-refractivity contribution in [3.05, 3.63) is 48.5 Å². The first-order valence-corrected chi connectivity index (χ1v) is 5.80. The van der Waals surface area contributed by atoms with Gasteiger partial charge in [0.2, 0.25) is 0 Å². The molecule has 0 bridgehead atoms. The van der Waals surface area contributed by atoms with Gasteiger partial charge >= 0.3 is 0 Å². The summed E-state index contributed by atoms with van der Waals surface area (Å²) in [6.07, 6.45) is 1.37. The maximum absolute atomic E-state index is 13.1. The highest BCUT2D eigenvalue weighted by atomic mass is 19.1. The van der Waals surface area contributed by atoms with E-state index in [2.05, 4.69) is 4.98 Å². The summed E-state index contributed by atoms with van der Waals surface area (Å²) in [5.74, 6) is 0.977. The fourth-order valence-corrected chi connectivity index (χ4v) is 1.46. The number of halogens is 1. The number of rotatable bonds is 6. The van der Waals surface area contributed by atoms with Gasteiger partial charge in [-0.3, -0.25) is 0 Å². The lowest BCUT2D eigenvalue weighted by Gasteiger charge is -2.08. The summed E-state index contributed by atoms with van der Waals surface area (Å²) in [6, 6.07) is 10.3. The molecule has 0 aliphatic heterocycles. The lowest BCUT2D eigenvalue weighted by atomic mass is 10.3. The summed E-state index contributed by atoms with van der Waals surface area (Å²) in [4.78, 5) is 3.49. The van der Waals surface area contributed by atoms with E-state index in [1.54, 1.807) is 37.4 Å². The molecule has 1 heterocycles. The van der Waals surface area contributed by atoms with Crippen molar-refractivity contribution in [2.75, 3.05) is 20.3 Å². The van der Waals surface area contributed by atoms with Crippen LogP contribution >= 0.6 is 0 Å². The van der Waals surface area contributed by atoms with Gasteiger partial charge in [0.15, 0.2) is 5.75 Å². The molecule has 0 fully saturated rings. The minimum atomic E-state index is -0.619. The van der Waals surface area contributed by atoms with Gasteiger partial charge in [0.05, 0.1) is 7.11 Å². The number of benzene rings is 1. The van der Waals surface area contributed by atoms with E-state index in [4.69, 9.17) is 14.2 Å². The van der Waals surface area contributed by atoms with Gasteiger partial charge in [-0.25, -0.2) is 4.98 Å². The highest BCUT2D eigenvalue weighted by Gasteiger charge is 2.02. The minimum absolute atomic E-state index is 0.126. The van der Waals surface area contributed by atoms with E-state index in [-0.39, 0.29) is 12.4 Å². The molecule has 0 N–H and O–H groups in total. The number of aromatic nitrogens is 1. The van der Waals surface area contributed by atoms with Crippen LogP contribution in [0.3, 0.4) is 0 Å². The van der Waals surface area contributed by atoms with Crippen LogP contribution in [0.2, 0.25) is 0 Å². The second kappa shape index (κ2) is 6.58. The third-order valence-electron chi connectivity index (χ3n) is 2.39. The maximum atomic E-state index is 13.1. The van der Waals surface area contributed by atoms with Gasteiger partial charge in [-0.05, 0) is 36.4 Å². The molecule has 0 aliphatic carbocycles. The van der Waals surface area contributed by atoms with Crippen molar-refractivity contribution >= 4 is 0 Å². The quantitative estimate of drug-likeness (QED) is 0.593. The van der Waals surface area contributed by atoms with Gasteiger partial charge in [0, 0.05) is 6.20 Å². The molecule has 19 heavy (non-hydrogen) atoms. The molecule has 0 radical (unpaired) electrons. The molecular weight excluding hydrogens is 249 g/mol. The molecule has 0 amide bonds. The number of methoxy groups -OCH3 is 1. The van der Waals surface area contributed by atoms with Gasteiger partial charge in [-0.15, -0.1) is 0 Å². The fourth-order valence-electron chi connectivity index (χ4n) is 1.46. The van der Waals surface area contributed by atoms with E-state index in [9.17, 15) is 4.39 Å². The lowest BCUT2D eigenvalue weighted by molar-refractivity contribution is 0.210. The van der Waals surface area contributed by atoms with Crippen LogP contribution in [-0.4, -0.2) is 25.3 Å². The second-order valence-electron chi connectivity index (χ2n) is 3.66. The summed E-state index contributed by atoms with van der Waals surface area (Å²) >= 11 is 0. The third-order valence-corrected chi connectivity index (χ3v) is 2.39. The largest absolute Gasteiger partial charge is 0.497 e. The Kier molecular flexibility index (Phi) is 4.55. The zero-order chi connectivity index (χ0) is 13.5. The Balaban J connectivity index is 1.76. The first-order valence-electron chi connectivity index (χ1n) is 5.80. The standard InChI is InChI=1S/C14H14FNO3/c1-17-11-4-6-12(7-5-11)18-9-10-19-13-3-2-8-16-14(13)15/h2-8H,9-10H2,1H3. The molecule has 100 valence electrons. The number of hydrogen-bond acceptors (Lipinski definition) is 4. The van der Waals surface area contributed by atoms with Crippen LogP contribution in [0, 0.1) is 5.95 Å². The number of ether oxygens (including phenoxy) is 3. The van der Waals surface area contributed by atoms with Crippen LogP contribution in [0.4, 0.5) is 4.39 Å². The molecule has 0 spiro atoms. The van der Waals surface area contributed by atoms with Crippen LogP contribution < -0.4 is 14.2 Å². The van der Waals surface area contributed by atoms with Crippen molar-refractivity contribution in [3.63, 3.8) is 0 Å². The first-order chi connectivity index (χ1) is 9.29. The Hall–Kier alpha value is -2.30. The highest BCUT2D eigenvalue weighted by molar-refractivity contribution is 5.31. The SMILES string of the molecule is COc1ccc(OCCOc2cccnc2F)cc1. The van der Waals surface area contributed by atoms with E-state index in [1.807, 2.05) is 0 Å². The summed E-state index contributed by atoms with van der Waals surface area (Å²) in [7, 11) is 1.60. The topological polar surface area (TPSA) is 40.6 Å². The normalized spacial score (nSPS) is 10.0. The van der Waals surface area contributed by atoms with Gasteiger partial charge in [0.25, 0.3) is 5.95 Å². The molecule has 5 heteroatoms. The monoisotopic (exact) mass is 263 g/mol. The first kappa shape index (κ1) is 13.1. The zero-order valence-electron chi connectivity index (χ0n) is 10.5. The molecule has 1 aromatic heterocycles. The van der Waals surface area contributed by atoms with Crippen molar-refractivity contribution in [1.29, 1.82) is 0 Å². The Labute approximate surface area is 110 Å². The molecule has 0 saturated heterocycles. The Bertz CT molecular complexity index is 516. The number of pyridine rings is 1. The van der Waals surface area contributed by atoms with Crippen LogP contribution in [0.5, 0.6) is 17.2 Å².